The number of carbonyl (C=O) groups is 2. The van der Waals surface area contributed by atoms with Crippen LogP contribution in [0.4, 0.5) is 19.3 Å². The Kier molecular flexibility index (Phi) is 6.18. The van der Waals surface area contributed by atoms with Crippen LogP contribution >= 0.6 is 0 Å². The summed E-state index contributed by atoms with van der Waals surface area (Å²) in [5.74, 6) is -2.33. The van der Waals surface area contributed by atoms with Gasteiger partial charge in [-0.2, -0.15) is 0 Å². The fourth-order valence-electron chi connectivity index (χ4n) is 3.90. The number of anilines is 1. The fourth-order valence-corrected chi connectivity index (χ4v) is 6.14. The largest absolute Gasteiger partial charge is 0.465 e. The minimum atomic E-state index is -3.49. The van der Waals surface area contributed by atoms with E-state index >= 15 is 0 Å². The first-order valence-corrected chi connectivity index (χ1v) is 15.2. The third kappa shape index (κ3) is 4.68. The Hall–Kier alpha value is -2.79. The molecule has 0 saturated heterocycles. The highest BCUT2D eigenvalue weighted by molar-refractivity contribution is 7.90. The summed E-state index contributed by atoms with van der Waals surface area (Å²) in [6.45, 7) is 5.34. The fraction of sp³-hybridized carbons (Fsp3) is 0.333. The van der Waals surface area contributed by atoms with Crippen LogP contribution in [0.15, 0.2) is 35.2 Å². The van der Waals surface area contributed by atoms with E-state index in [1.165, 1.54) is 18.2 Å². The van der Waals surface area contributed by atoms with Gasteiger partial charge >= 0.3 is 6.09 Å². The predicted molar refractivity (Wildman–Crippen MR) is 119 cm³/mol. The predicted octanol–water partition coefficient (Wildman–Crippen LogP) is 3.13. The molecule has 32 heavy (non-hydrogen) atoms. The maximum Gasteiger partial charge on any atom is 0.408 e. The molecule has 0 aromatic heterocycles. The number of nitrogens with one attached hydrogen (secondary N) is 1. The van der Waals surface area contributed by atoms with Gasteiger partial charge in [0.1, 0.15) is 17.7 Å². The van der Waals surface area contributed by atoms with Gasteiger partial charge in [0, 0.05) is 23.7 Å². The maximum atomic E-state index is 14.6. The summed E-state index contributed by atoms with van der Waals surface area (Å²) < 4.78 is 52.9. The van der Waals surface area contributed by atoms with Crippen molar-refractivity contribution in [3.05, 3.63) is 53.1 Å². The lowest BCUT2D eigenvalue weighted by Gasteiger charge is -2.34. The minimum Gasteiger partial charge on any atom is -0.465 e. The number of carboxylic acid groups (broad SMARTS) is 1. The second-order valence-corrected chi connectivity index (χ2v) is 15.8. The highest BCUT2D eigenvalue weighted by Crippen LogP contribution is 2.33. The minimum absolute atomic E-state index is 0.0129. The van der Waals surface area contributed by atoms with Gasteiger partial charge in [0.25, 0.3) is 5.91 Å². The van der Waals surface area contributed by atoms with Gasteiger partial charge in [-0.05, 0) is 41.8 Å². The first kappa shape index (κ1) is 23.9. The number of nitrogens with zero attached hydrogens (tertiary/aromatic N) is 1. The Bertz CT molecular complexity index is 1190. The van der Waals surface area contributed by atoms with Gasteiger partial charge in [0.05, 0.1) is 13.0 Å². The van der Waals surface area contributed by atoms with Crippen molar-refractivity contribution in [1.29, 1.82) is 0 Å². The van der Waals surface area contributed by atoms with E-state index in [-0.39, 0.29) is 28.7 Å². The Morgan fingerprint density at radius 2 is 1.72 bits per heavy atom. The molecule has 0 bridgehead atoms. The lowest BCUT2D eigenvalue weighted by atomic mass is 9.92. The number of rotatable bonds is 4. The molecule has 0 radical (unpaired) electrons. The van der Waals surface area contributed by atoms with Crippen molar-refractivity contribution >= 4 is 40.8 Å². The van der Waals surface area contributed by atoms with E-state index in [2.05, 4.69) is 5.32 Å². The Morgan fingerprint density at radius 1 is 1.12 bits per heavy atom. The smallest absolute Gasteiger partial charge is 0.408 e. The van der Waals surface area contributed by atoms with Gasteiger partial charge < -0.3 is 10.4 Å². The number of fused-ring (bicyclic) bond motifs is 1. The molecule has 1 aliphatic heterocycles. The number of benzene rings is 2. The van der Waals surface area contributed by atoms with Crippen LogP contribution in [0.25, 0.3) is 0 Å². The summed E-state index contributed by atoms with van der Waals surface area (Å²) in [6.07, 6.45) is -0.0593. The highest BCUT2D eigenvalue weighted by atomic mass is 32.2. The van der Waals surface area contributed by atoms with Gasteiger partial charge in [0.15, 0.2) is 9.84 Å². The van der Waals surface area contributed by atoms with Gasteiger partial charge in [0.2, 0.25) is 0 Å². The molecule has 2 amide bonds. The summed E-state index contributed by atoms with van der Waals surface area (Å²) in [7, 11) is -5.80. The van der Waals surface area contributed by atoms with Gasteiger partial charge in [-0.1, -0.05) is 25.7 Å². The third-order valence-electron chi connectivity index (χ3n) is 5.32. The molecule has 0 unspecified atom stereocenters. The van der Waals surface area contributed by atoms with E-state index in [0.717, 1.165) is 23.3 Å². The number of sulfone groups is 1. The zero-order valence-corrected chi connectivity index (χ0v) is 19.9. The van der Waals surface area contributed by atoms with Gasteiger partial charge in [-0.15, -0.1) is 0 Å². The van der Waals surface area contributed by atoms with Gasteiger partial charge in [-0.3, -0.25) is 9.69 Å². The lowest BCUT2D eigenvalue weighted by molar-refractivity contribution is -0.121. The maximum absolute atomic E-state index is 14.6. The summed E-state index contributed by atoms with van der Waals surface area (Å²) in [4.78, 5) is 25.8. The molecule has 1 atom stereocenters. The van der Waals surface area contributed by atoms with E-state index in [4.69, 9.17) is 0 Å². The lowest BCUT2D eigenvalue weighted by Crippen LogP contribution is -2.45. The molecule has 172 valence electrons. The second kappa shape index (κ2) is 8.28. The third-order valence-corrected chi connectivity index (χ3v) is 8.41. The molecular weight excluding hydrogens is 458 g/mol. The molecular formula is C21H24F2N2O5SSi. The topological polar surface area (TPSA) is 104 Å². The molecule has 1 heterocycles. The van der Waals surface area contributed by atoms with E-state index in [1.54, 1.807) is 19.6 Å². The SMILES string of the molecule is C[Si](C)(C)c1c(F)cc(NC(=O)[C@H]2c3ccc(S(C)(=O)=O)cc3CCN2C(=O)O)cc1F. The number of hydrogen-bond donors (Lipinski definition) is 2. The van der Waals surface area contributed by atoms with Crippen molar-refractivity contribution in [2.45, 2.75) is 37.0 Å². The summed E-state index contributed by atoms with van der Waals surface area (Å²) >= 11 is 0. The molecule has 1 aliphatic rings. The quantitative estimate of drug-likeness (QED) is 0.652. The standard InChI is InChI=1S/C21H24F2N2O5SSi/c1-31(29,30)14-5-6-15-12(9-14)7-8-25(21(27)28)18(15)20(26)24-13-10-16(22)19(17(23)11-13)32(2,3)4/h5-6,9-11,18H,7-8H2,1-4H3,(H,24,26)(H,27,28)/t18-/m1/s1. The average Bonchev–Trinajstić information content (AvgIpc) is 2.63. The molecule has 11 heteroatoms. The number of halogens is 2. The van der Waals surface area contributed by atoms with Crippen molar-refractivity contribution in [2.75, 3.05) is 18.1 Å². The van der Waals surface area contributed by atoms with Crippen LogP contribution in [0.1, 0.15) is 17.2 Å². The molecule has 0 saturated carbocycles. The van der Waals surface area contributed by atoms with Crippen molar-refractivity contribution in [2.24, 2.45) is 0 Å². The first-order valence-electron chi connectivity index (χ1n) is 9.83. The monoisotopic (exact) mass is 482 g/mol. The zero-order chi connectivity index (χ0) is 24.0. The van der Waals surface area contributed by atoms with Crippen molar-refractivity contribution in [3.8, 4) is 0 Å². The Morgan fingerprint density at radius 3 is 2.22 bits per heavy atom. The van der Waals surface area contributed by atoms with Crippen molar-refractivity contribution in [1.82, 2.24) is 4.90 Å². The van der Waals surface area contributed by atoms with Crippen LogP contribution in [0, 0.1) is 11.6 Å². The van der Waals surface area contributed by atoms with Crippen LogP contribution < -0.4 is 10.5 Å². The number of hydrogen-bond acceptors (Lipinski definition) is 4. The van der Waals surface area contributed by atoms with Crippen LogP contribution in [0.5, 0.6) is 0 Å². The summed E-state index contributed by atoms with van der Waals surface area (Å²) in [5.41, 5.74) is 0.720. The molecule has 2 aromatic rings. The van der Waals surface area contributed by atoms with E-state index in [1.807, 2.05) is 0 Å². The normalized spacial score (nSPS) is 16.4. The molecule has 0 fully saturated rings. The number of carbonyl (C=O) groups excluding carboxylic acids is 1. The van der Waals surface area contributed by atoms with Crippen LogP contribution in [-0.2, 0) is 21.1 Å². The van der Waals surface area contributed by atoms with Crippen molar-refractivity contribution < 1.29 is 31.9 Å². The number of amides is 2. The van der Waals surface area contributed by atoms with Crippen LogP contribution in [0.2, 0.25) is 19.6 Å². The van der Waals surface area contributed by atoms with Crippen LogP contribution in [0.3, 0.4) is 0 Å². The van der Waals surface area contributed by atoms with Gasteiger partial charge in [-0.25, -0.2) is 22.0 Å². The van der Waals surface area contributed by atoms with Crippen LogP contribution in [-0.4, -0.2) is 51.3 Å². The summed E-state index contributed by atoms with van der Waals surface area (Å²) in [6, 6.07) is 4.88. The zero-order valence-electron chi connectivity index (χ0n) is 18.1. The first-order chi connectivity index (χ1) is 14.7. The molecule has 3 rings (SSSR count). The molecule has 0 aliphatic carbocycles. The summed E-state index contributed by atoms with van der Waals surface area (Å²) in [5, 5.41) is 12.0. The van der Waals surface area contributed by atoms with E-state index < -0.39 is 47.6 Å². The second-order valence-electron chi connectivity index (χ2n) is 8.82. The average molecular weight is 483 g/mol. The van der Waals surface area contributed by atoms with E-state index in [0.29, 0.717) is 11.1 Å². The highest BCUT2D eigenvalue weighted by Gasteiger charge is 2.37. The molecule has 2 aromatic carbocycles. The van der Waals surface area contributed by atoms with E-state index in [9.17, 15) is 31.9 Å². The Labute approximate surface area is 186 Å². The molecule has 0 spiro atoms. The molecule has 7 nitrogen and oxygen atoms in total. The van der Waals surface area contributed by atoms with Crippen molar-refractivity contribution in [3.63, 3.8) is 0 Å². The Balaban J connectivity index is 2.00. The molecule has 2 N–H and O–H groups in total.